The van der Waals surface area contributed by atoms with Crippen LogP contribution in [0.2, 0.25) is 0 Å². The summed E-state index contributed by atoms with van der Waals surface area (Å²) in [6, 6.07) is 0. The van der Waals surface area contributed by atoms with Crippen molar-refractivity contribution < 1.29 is 9.47 Å². The van der Waals surface area contributed by atoms with Crippen molar-refractivity contribution in [2.45, 2.75) is 12.7 Å². The van der Waals surface area contributed by atoms with Gasteiger partial charge < -0.3 is 9.47 Å². The zero-order chi connectivity index (χ0) is 8.39. The highest BCUT2D eigenvalue weighted by Crippen LogP contribution is 2.22. The predicted octanol–water partition coefficient (Wildman–Crippen LogP) is 0.988. The van der Waals surface area contributed by atoms with Crippen molar-refractivity contribution in [3.63, 3.8) is 0 Å². The highest BCUT2D eigenvalue weighted by molar-refractivity contribution is 6.23. The molecule has 0 N–H and O–H groups in total. The molecule has 62 valence electrons. The van der Waals surface area contributed by atoms with Crippen LogP contribution in [0.15, 0.2) is 23.7 Å². The minimum Gasteiger partial charge on any atom is -0.350 e. The van der Waals surface area contributed by atoms with Crippen LogP contribution in [-0.4, -0.2) is 27.4 Å². The van der Waals surface area contributed by atoms with Gasteiger partial charge in [0.05, 0.1) is 13.2 Å². The summed E-state index contributed by atoms with van der Waals surface area (Å²) >= 11 is 0. The molecule has 12 heavy (non-hydrogen) atoms. The first-order valence-corrected chi connectivity index (χ1v) is 4.23. The lowest BCUT2D eigenvalue weighted by molar-refractivity contribution is -0.0504. The van der Waals surface area contributed by atoms with Gasteiger partial charge in [0.2, 0.25) is 0 Å². The number of rotatable bonds is 2. The summed E-state index contributed by atoms with van der Waals surface area (Å²) < 4.78 is 10.6. The predicted molar refractivity (Wildman–Crippen MR) is 46.8 cm³/mol. The van der Waals surface area contributed by atoms with E-state index in [0.29, 0.717) is 5.92 Å². The lowest BCUT2D eigenvalue weighted by Crippen LogP contribution is -2.11. The minimum absolute atomic E-state index is 0.0261. The molecule has 2 radical (unpaired) electrons. The topological polar surface area (TPSA) is 18.5 Å². The Morgan fingerprint density at radius 1 is 1.42 bits per heavy atom. The van der Waals surface area contributed by atoms with Crippen LogP contribution in [0.3, 0.4) is 0 Å². The van der Waals surface area contributed by atoms with Crippen molar-refractivity contribution in [2.24, 2.45) is 5.92 Å². The summed E-state index contributed by atoms with van der Waals surface area (Å²) in [5, 5.41) is 0. The molecule has 2 aliphatic rings. The molecule has 0 aromatic heterocycles. The Morgan fingerprint density at radius 2 is 2.17 bits per heavy atom. The lowest BCUT2D eigenvalue weighted by Gasteiger charge is -2.11. The second kappa shape index (κ2) is 3.46. The Labute approximate surface area is 73.6 Å². The van der Waals surface area contributed by atoms with E-state index in [1.807, 2.05) is 12.2 Å². The van der Waals surface area contributed by atoms with Gasteiger partial charge in [-0.3, -0.25) is 0 Å². The van der Waals surface area contributed by atoms with Crippen molar-refractivity contribution in [1.29, 1.82) is 0 Å². The Balaban J connectivity index is 1.83. The highest BCUT2D eigenvalue weighted by atomic mass is 16.7. The molecule has 0 aromatic carbocycles. The molecule has 1 unspecified atom stereocenters. The van der Waals surface area contributed by atoms with Crippen molar-refractivity contribution in [1.82, 2.24) is 0 Å². The number of ether oxygens (including phenoxy) is 2. The minimum atomic E-state index is -0.0261. The molecule has 1 aliphatic carbocycles. The number of allylic oxidation sites excluding steroid dienone is 4. The quantitative estimate of drug-likeness (QED) is 0.563. The molecule has 1 saturated heterocycles. The van der Waals surface area contributed by atoms with Crippen molar-refractivity contribution in [2.75, 3.05) is 13.2 Å². The van der Waals surface area contributed by atoms with Gasteiger partial charge in [-0.2, -0.15) is 0 Å². The van der Waals surface area contributed by atoms with E-state index in [0.717, 1.165) is 25.1 Å². The number of hydrogen-bond acceptors (Lipinski definition) is 2. The maximum Gasteiger partial charge on any atom is 0.158 e. The summed E-state index contributed by atoms with van der Waals surface area (Å²) in [5.41, 5.74) is 0.845. The van der Waals surface area contributed by atoms with Crippen LogP contribution in [-0.2, 0) is 9.47 Å². The summed E-state index contributed by atoms with van der Waals surface area (Å²) in [4.78, 5) is 0. The van der Waals surface area contributed by atoms with E-state index in [2.05, 4.69) is 6.08 Å². The second-order valence-electron chi connectivity index (χ2n) is 3.10. The van der Waals surface area contributed by atoms with E-state index in [9.17, 15) is 0 Å². The van der Waals surface area contributed by atoms with Crippen LogP contribution in [0.5, 0.6) is 0 Å². The van der Waals surface area contributed by atoms with Gasteiger partial charge in [0.15, 0.2) is 6.29 Å². The van der Waals surface area contributed by atoms with Gasteiger partial charge in [0.1, 0.15) is 7.85 Å². The van der Waals surface area contributed by atoms with Gasteiger partial charge in [0.25, 0.3) is 0 Å². The molecule has 0 aromatic rings. The van der Waals surface area contributed by atoms with Crippen LogP contribution in [0, 0.1) is 5.92 Å². The van der Waals surface area contributed by atoms with Crippen molar-refractivity contribution >= 4 is 7.85 Å². The van der Waals surface area contributed by atoms with Gasteiger partial charge in [0, 0.05) is 6.42 Å². The van der Waals surface area contributed by atoms with Crippen LogP contribution >= 0.6 is 0 Å². The maximum absolute atomic E-state index is 5.59. The van der Waals surface area contributed by atoms with Gasteiger partial charge in [-0.05, 0) is 5.92 Å². The largest absolute Gasteiger partial charge is 0.350 e. The van der Waals surface area contributed by atoms with Gasteiger partial charge >= 0.3 is 0 Å². The van der Waals surface area contributed by atoms with E-state index >= 15 is 0 Å². The van der Waals surface area contributed by atoms with E-state index in [4.69, 9.17) is 17.3 Å². The van der Waals surface area contributed by atoms with E-state index in [1.54, 1.807) is 0 Å². The van der Waals surface area contributed by atoms with Crippen LogP contribution in [0.4, 0.5) is 0 Å². The SMILES string of the molecule is [B]C1=CC(CC2OCCO2)C=C1. The molecule has 0 spiro atoms. The first kappa shape index (κ1) is 8.08. The monoisotopic (exact) mass is 162 g/mol. The molecular weight excluding hydrogens is 151 g/mol. The Kier molecular flexibility index (Phi) is 2.33. The first-order valence-electron chi connectivity index (χ1n) is 4.23. The first-order chi connectivity index (χ1) is 5.84. The van der Waals surface area contributed by atoms with E-state index < -0.39 is 0 Å². The summed E-state index contributed by atoms with van der Waals surface area (Å²) in [5.74, 6) is 0.396. The molecule has 2 nitrogen and oxygen atoms in total. The molecular formula is C9H11BO2. The van der Waals surface area contributed by atoms with E-state index in [-0.39, 0.29) is 6.29 Å². The zero-order valence-corrected chi connectivity index (χ0v) is 6.90. The molecule has 0 bridgehead atoms. The summed E-state index contributed by atoms with van der Waals surface area (Å²) in [7, 11) is 5.59. The fourth-order valence-electron chi connectivity index (χ4n) is 1.51. The van der Waals surface area contributed by atoms with E-state index in [1.165, 1.54) is 0 Å². The molecule has 1 fully saturated rings. The number of hydrogen-bond donors (Lipinski definition) is 0. The second-order valence-corrected chi connectivity index (χ2v) is 3.10. The fourth-order valence-corrected chi connectivity index (χ4v) is 1.51. The van der Waals surface area contributed by atoms with Crippen LogP contribution < -0.4 is 0 Å². The highest BCUT2D eigenvalue weighted by Gasteiger charge is 2.19. The molecule has 1 aliphatic heterocycles. The average molecular weight is 162 g/mol. The standard InChI is InChI=1S/C9H11BO2/c10-8-2-1-7(5-8)6-9-11-3-4-12-9/h1-2,5,7,9H,3-4,6H2. The lowest BCUT2D eigenvalue weighted by atomic mass is 9.96. The van der Waals surface area contributed by atoms with Crippen molar-refractivity contribution in [3.8, 4) is 0 Å². The fraction of sp³-hybridized carbons (Fsp3) is 0.556. The summed E-state index contributed by atoms with van der Waals surface area (Å²) in [6.45, 7) is 1.45. The average Bonchev–Trinajstić information content (AvgIpc) is 2.63. The Hall–Kier alpha value is -0.535. The van der Waals surface area contributed by atoms with Gasteiger partial charge in [-0.15, -0.1) is 5.47 Å². The molecule has 1 atom stereocenters. The Bertz CT molecular complexity index is 217. The smallest absolute Gasteiger partial charge is 0.158 e. The molecule has 1 heterocycles. The third-order valence-corrected chi connectivity index (χ3v) is 2.10. The molecule has 0 saturated carbocycles. The van der Waals surface area contributed by atoms with Crippen molar-refractivity contribution in [3.05, 3.63) is 23.7 Å². The Morgan fingerprint density at radius 3 is 2.75 bits per heavy atom. The normalized spacial score (nSPS) is 29.7. The molecule has 0 amide bonds. The maximum atomic E-state index is 5.59. The summed E-state index contributed by atoms with van der Waals surface area (Å²) in [6.07, 6.45) is 6.91. The molecule has 2 rings (SSSR count). The third-order valence-electron chi connectivity index (χ3n) is 2.10. The molecule has 3 heteroatoms. The van der Waals surface area contributed by atoms with Crippen LogP contribution in [0.1, 0.15) is 6.42 Å². The third kappa shape index (κ3) is 1.79. The van der Waals surface area contributed by atoms with Gasteiger partial charge in [-0.25, -0.2) is 0 Å². The zero-order valence-electron chi connectivity index (χ0n) is 6.90. The van der Waals surface area contributed by atoms with Gasteiger partial charge in [-0.1, -0.05) is 18.2 Å². The van der Waals surface area contributed by atoms with Crippen LogP contribution in [0.25, 0.3) is 0 Å².